The van der Waals surface area contributed by atoms with Gasteiger partial charge in [0.15, 0.2) is 0 Å². The fourth-order valence-corrected chi connectivity index (χ4v) is 2.67. The lowest BCUT2D eigenvalue weighted by Gasteiger charge is -2.16. The van der Waals surface area contributed by atoms with Gasteiger partial charge in [0.05, 0.1) is 17.9 Å². The quantitative estimate of drug-likeness (QED) is 0.797. The van der Waals surface area contributed by atoms with Crippen LogP contribution in [0.5, 0.6) is 0 Å². The molecule has 1 heterocycles. The average molecular weight is 285 g/mol. The van der Waals surface area contributed by atoms with Crippen LogP contribution in [0.2, 0.25) is 0 Å². The first-order chi connectivity index (χ1) is 8.97. The highest BCUT2D eigenvalue weighted by Gasteiger charge is 2.27. The summed E-state index contributed by atoms with van der Waals surface area (Å²) in [6, 6.07) is 0. The topological polar surface area (TPSA) is 84.7 Å². The number of anilines is 2. The van der Waals surface area contributed by atoms with E-state index in [0.29, 0.717) is 17.1 Å². The van der Waals surface area contributed by atoms with Crippen LogP contribution in [0.4, 0.5) is 10.7 Å². The minimum atomic E-state index is -0.495. The molecule has 106 valence electrons. The number of esters is 1. The standard InChI is InChI=1S/C12H19N3O3S/c1-5-15(4)11-7(10(16)14-3)8(13)9(19-11)12(17)18-6-2/h5-6,13H2,1-4H3,(H,14,16). The molecular formula is C12H19N3O3S. The van der Waals surface area contributed by atoms with Crippen molar-refractivity contribution in [3.05, 3.63) is 10.4 Å². The van der Waals surface area contributed by atoms with Crippen LogP contribution in [0, 0.1) is 0 Å². The zero-order valence-electron chi connectivity index (χ0n) is 11.6. The third kappa shape index (κ3) is 2.98. The lowest BCUT2D eigenvalue weighted by Crippen LogP contribution is -2.23. The number of thiophene rings is 1. The highest BCUT2D eigenvalue weighted by Crippen LogP contribution is 2.38. The molecule has 0 aliphatic carbocycles. The van der Waals surface area contributed by atoms with E-state index in [1.807, 2.05) is 18.9 Å². The summed E-state index contributed by atoms with van der Waals surface area (Å²) < 4.78 is 4.95. The van der Waals surface area contributed by atoms with E-state index >= 15 is 0 Å². The molecule has 0 aliphatic heterocycles. The largest absolute Gasteiger partial charge is 0.462 e. The van der Waals surface area contributed by atoms with E-state index < -0.39 is 5.97 Å². The van der Waals surface area contributed by atoms with Crippen molar-refractivity contribution in [2.75, 3.05) is 37.9 Å². The maximum Gasteiger partial charge on any atom is 0.350 e. The molecule has 0 saturated carbocycles. The van der Waals surface area contributed by atoms with Gasteiger partial charge in [-0.15, -0.1) is 11.3 Å². The lowest BCUT2D eigenvalue weighted by atomic mass is 10.2. The zero-order chi connectivity index (χ0) is 14.6. The minimum Gasteiger partial charge on any atom is -0.462 e. The lowest BCUT2D eigenvalue weighted by molar-refractivity contribution is 0.0533. The van der Waals surface area contributed by atoms with E-state index in [2.05, 4.69) is 5.32 Å². The molecule has 1 aromatic rings. The van der Waals surface area contributed by atoms with Crippen LogP contribution in [0.1, 0.15) is 33.9 Å². The molecule has 0 fully saturated rings. The number of rotatable bonds is 5. The van der Waals surface area contributed by atoms with Gasteiger partial charge in [-0.05, 0) is 13.8 Å². The molecule has 0 atom stereocenters. The normalized spacial score (nSPS) is 10.1. The van der Waals surface area contributed by atoms with E-state index in [1.165, 1.54) is 18.4 Å². The molecule has 0 aliphatic rings. The molecule has 3 N–H and O–H groups in total. The molecule has 0 aromatic carbocycles. The maximum atomic E-state index is 11.9. The van der Waals surface area contributed by atoms with Gasteiger partial charge in [-0.25, -0.2) is 4.79 Å². The van der Waals surface area contributed by atoms with Gasteiger partial charge >= 0.3 is 5.97 Å². The Hall–Kier alpha value is -1.76. The Morgan fingerprint density at radius 3 is 2.53 bits per heavy atom. The summed E-state index contributed by atoms with van der Waals surface area (Å²) in [5, 5.41) is 3.20. The Balaban J connectivity index is 3.34. The van der Waals surface area contributed by atoms with E-state index in [1.54, 1.807) is 6.92 Å². The number of ether oxygens (including phenoxy) is 1. The first-order valence-corrected chi connectivity index (χ1v) is 6.82. The molecule has 1 amide bonds. The molecule has 0 radical (unpaired) electrons. The third-order valence-corrected chi connectivity index (χ3v) is 3.96. The predicted octanol–water partition coefficient (Wildman–Crippen LogP) is 1.32. The van der Waals surface area contributed by atoms with Crippen LogP contribution >= 0.6 is 11.3 Å². The van der Waals surface area contributed by atoms with Crippen molar-refractivity contribution in [1.82, 2.24) is 5.32 Å². The van der Waals surface area contributed by atoms with Gasteiger partial charge in [-0.1, -0.05) is 0 Å². The summed E-state index contributed by atoms with van der Waals surface area (Å²) in [5.41, 5.74) is 6.44. The number of nitrogen functional groups attached to an aromatic ring is 1. The Kier molecular flexibility index (Phi) is 5.17. The second kappa shape index (κ2) is 6.42. The predicted molar refractivity (Wildman–Crippen MR) is 77.0 cm³/mol. The first kappa shape index (κ1) is 15.3. The highest BCUT2D eigenvalue weighted by molar-refractivity contribution is 7.19. The SMILES string of the molecule is CCOC(=O)c1sc(N(C)CC)c(C(=O)NC)c1N. The number of nitrogens with zero attached hydrogens (tertiary/aromatic N) is 1. The Morgan fingerprint density at radius 2 is 2.05 bits per heavy atom. The van der Waals surface area contributed by atoms with Crippen LogP contribution in [0.15, 0.2) is 0 Å². The third-order valence-electron chi connectivity index (χ3n) is 2.66. The fraction of sp³-hybridized carbons (Fsp3) is 0.500. The minimum absolute atomic E-state index is 0.179. The number of amides is 1. The van der Waals surface area contributed by atoms with Crippen molar-refractivity contribution < 1.29 is 14.3 Å². The number of hydrogen-bond donors (Lipinski definition) is 2. The summed E-state index contributed by atoms with van der Waals surface area (Å²) >= 11 is 1.18. The smallest absolute Gasteiger partial charge is 0.350 e. The van der Waals surface area contributed by atoms with Crippen molar-refractivity contribution in [2.45, 2.75) is 13.8 Å². The van der Waals surface area contributed by atoms with Crippen molar-refractivity contribution >= 4 is 33.9 Å². The van der Waals surface area contributed by atoms with Crippen LogP contribution in [-0.2, 0) is 4.74 Å². The van der Waals surface area contributed by atoms with Gasteiger partial charge in [-0.3, -0.25) is 4.79 Å². The molecular weight excluding hydrogens is 266 g/mol. The average Bonchev–Trinajstić information content (AvgIpc) is 2.75. The Morgan fingerprint density at radius 1 is 1.42 bits per heavy atom. The second-order valence-electron chi connectivity index (χ2n) is 3.84. The van der Waals surface area contributed by atoms with Gasteiger partial charge in [0.25, 0.3) is 5.91 Å². The maximum absolute atomic E-state index is 11.9. The van der Waals surface area contributed by atoms with E-state index in [4.69, 9.17) is 10.5 Å². The van der Waals surface area contributed by atoms with Crippen LogP contribution in [-0.4, -0.2) is 39.1 Å². The van der Waals surface area contributed by atoms with Crippen molar-refractivity contribution in [3.8, 4) is 0 Å². The van der Waals surface area contributed by atoms with Gasteiger partial charge in [0.2, 0.25) is 0 Å². The number of nitrogens with one attached hydrogen (secondary N) is 1. The molecule has 7 heteroatoms. The van der Waals surface area contributed by atoms with E-state index in [0.717, 1.165) is 0 Å². The summed E-state index contributed by atoms with van der Waals surface area (Å²) in [6.07, 6.45) is 0. The van der Waals surface area contributed by atoms with Gasteiger partial charge in [0, 0.05) is 20.6 Å². The summed E-state index contributed by atoms with van der Waals surface area (Å²) in [6.45, 7) is 4.64. The fourth-order valence-electron chi connectivity index (χ4n) is 1.54. The van der Waals surface area contributed by atoms with Crippen molar-refractivity contribution in [1.29, 1.82) is 0 Å². The molecule has 0 saturated heterocycles. The van der Waals surface area contributed by atoms with Gasteiger partial charge in [0.1, 0.15) is 9.88 Å². The molecule has 19 heavy (non-hydrogen) atoms. The van der Waals surface area contributed by atoms with Crippen molar-refractivity contribution in [2.24, 2.45) is 0 Å². The molecule has 1 aromatic heterocycles. The van der Waals surface area contributed by atoms with Gasteiger partial charge < -0.3 is 20.7 Å². The number of nitrogens with two attached hydrogens (primary N) is 1. The summed E-state index contributed by atoms with van der Waals surface area (Å²) in [7, 11) is 3.37. The molecule has 1 rings (SSSR count). The van der Waals surface area contributed by atoms with Crippen LogP contribution in [0.25, 0.3) is 0 Å². The Labute approximate surface area is 116 Å². The van der Waals surface area contributed by atoms with Crippen molar-refractivity contribution in [3.63, 3.8) is 0 Å². The molecule has 0 unspecified atom stereocenters. The monoisotopic (exact) mass is 285 g/mol. The van der Waals surface area contributed by atoms with Gasteiger partial charge in [-0.2, -0.15) is 0 Å². The number of carbonyl (C=O) groups excluding carboxylic acids is 2. The second-order valence-corrected chi connectivity index (χ2v) is 4.84. The number of hydrogen-bond acceptors (Lipinski definition) is 6. The van der Waals surface area contributed by atoms with Crippen LogP contribution < -0.4 is 16.0 Å². The Bertz CT molecular complexity index is 485. The summed E-state index contributed by atoms with van der Waals surface area (Å²) in [4.78, 5) is 25.9. The molecule has 0 spiro atoms. The zero-order valence-corrected chi connectivity index (χ0v) is 12.4. The summed E-state index contributed by atoms with van der Waals surface area (Å²) in [5.74, 6) is -0.800. The highest BCUT2D eigenvalue weighted by atomic mass is 32.1. The molecule has 0 bridgehead atoms. The first-order valence-electron chi connectivity index (χ1n) is 6.00. The van der Waals surface area contributed by atoms with E-state index in [-0.39, 0.29) is 23.1 Å². The number of carbonyl (C=O) groups is 2. The van der Waals surface area contributed by atoms with Crippen LogP contribution in [0.3, 0.4) is 0 Å². The molecule has 6 nitrogen and oxygen atoms in total. The van der Waals surface area contributed by atoms with E-state index in [9.17, 15) is 9.59 Å².